The van der Waals surface area contributed by atoms with Crippen molar-refractivity contribution in [2.24, 2.45) is 0 Å². The summed E-state index contributed by atoms with van der Waals surface area (Å²) in [6, 6.07) is 1.82. The lowest BCUT2D eigenvalue weighted by Gasteiger charge is -2.34. The first-order chi connectivity index (χ1) is 11.1. The van der Waals surface area contributed by atoms with Crippen LogP contribution in [-0.2, 0) is 4.74 Å². The maximum absolute atomic E-state index is 12.6. The summed E-state index contributed by atoms with van der Waals surface area (Å²) in [6.45, 7) is 5.03. The van der Waals surface area contributed by atoms with E-state index in [1.54, 1.807) is 0 Å². The van der Waals surface area contributed by atoms with Crippen LogP contribution in [0.5, 0.6) is 5.88 Å². The van der Waals surface area contributed by atoms with Gasteiger partial charge in [-0.15, -0.1) is 0 Å². The smallest absolute Gasteiger partial charge is 0.297 e. The van der Waals surface area contributed by atoms with Crippen LogP contribution in [0.2, 0.25) is 0 Å². The van der Waals surface area contributed by atoms with Gasteiger partial charge in [0.05, 0.1) is 6.61 Å². The molecule has 7 heteroatoms. The number of hydrogen-bond donors (Lipinski definition) is 0. The minimum atomic E-state index is -2.68. The highest BCUT2D eigenvalue weighted by Gasteiger charge is 2.49. The molecule has 2 aliphatic heterocycles. The summed E-state index contributed by atoms with van der Waals surface area (Å²) in [7, 11) is 0. The van der Waals surface area contributed by atoms with Crippen LogP contribution in [0.25, 0.3) is 0 Å². The molecule has 0 saturated carbocycles. The van der Waals surface area contributed by atoms with E-state index in [0.717, 1.165) is 39.0 Å². The first-order valence-corrected chi connectivity index (χ1v) is 8.23. The number of rotatable bonds is 7. The van der Waals surface area contributed by atoms with Gasteiger partial charge in [-0.25, -0.2) is 13.8 Å². The monoisotopic (exact) mass is 327 g/mol. The molecule has 2 unspecified atom stereocenters. The number of aromatic nitrogens is 2. The Morgan fingerprint density at radius 1 is 1.43 bits per heavy atom. The van der Waals surface area contributed by atoms with Gasteiger partial charge >= 0.3 is 0 Å². The van der Waals surface area contributed by atoms with Gasteiger partial charge < -0.3 is 9.47 Å². The summed E-state index contributed by atoms with van der Waals surface area (Å²) in [4.78, 5) is 9.79. The zero-order valence-corrected chi connectivity index (χ0v) is 13.4. The Hall–Kier alpha value is -1.34. The van der Waals surface area contributed by atoms with Crippen molar-refractivity contribution < 1.29 is 18.3 Å². The fraction of sp³-hybridized carbons (Fsp3) is 0.750. The van der Waals surface area contributed by atoms with Gasteiger partial charge in [0, 0.05) is 30.5 Å². The van der Waals surface area contributed by atoms with Gasteiger partial charge in [-0.2, -0.15) is 4.98 Å². The minimum absolute atomic E-state index is 0.143. The van der Waals surface area contributed by atoms with Crippen LogP contribution in [0.4, 0.5) is 8.78 Å². The van der Waals surface area contributed by atoms with Crippen molar-refractivity contribution in [2.45, 2.75) is 50.6 Å². The maximum Gasteiger partial charge on any atom is 0.297 e. The van der Waals surface area contributed by atoms with Crippen molar-refractivity contribution in [1.29, 1.82) is 0 Å². The summed E-state index contributed by atoms with van der Waals surface area (Å²) in [6.07, 6.45) is 3.11. The van der Waals surface area contributed by atoms with Gasteiger partial charge in [0.15, 0.2) is 5.82 Å². The molecule has 0 aliphatic carbocycles. The largest absolute Gasteiger partial charge is 0.476 e. The van der Waals surface area contributed by atoms with Gasteiger partial charge in [0.2, 0.25) is 5.88 Å². The van der Waals surface area contributed by atoms with Crippen LogP contribution < -0.4 is 4.74 Å². The minimum Gasteiger partial charge on any atom is -0.476 e. The molecule has 2 fully saturated rings. The van der Waals surface area contributed by atoms with Crippen molar-refractivity contribution in [3.05, 3.63) is 18.1 Å². The predicted octanol–water partition coefficient (Wildman–Crippen LogP) is 2.83. The molecule has 0 spiro atoms. The van der Waals surface area contributed by atoms with Crippen molar-refractivity contribution in [2.75, 3.05) is 26.4 Å². The Morgan fingerprint density at radius 2 is 2.30 bits per heavy atom. The van der Waals surface area contributed by atoms with E-state index in [-0.39, 0.29) is 11.4 Å². The number of alkyl halides is 2. The lowest BCUT2D eigenvalue weighted by atomic mass is 9.95. The molecule has 0 radical (unpaired) electrons. The Bertz CT molecular complexity index is 532. The highest BCUT2D eigenvalue weighted by molar-refractivity contribution is 5.10. The number of ether oxygens (including phenoxy) is 2. The lowest BCUT2D eigenvalue weighted by molar-refractivity contribution is 0.0220. The first kappa shape index (κ1) is 16.5. The van der Waals surface area contributed by atoms with Gasteiger partial charge in [0.1, 0.15) is 6.61 Å². The van der Waals surface area contributed by atoms with Crippen LogP contribution in [0.3, 0.4) is 0 Å². The predicted molar refractivity (Wildman–Crippen MR) is 80.7 cm³/mol. The SMILES string of the molecule is CCOCC12CCCN1C(COc1ccnc(C(F)F)n1)CC2. The Balaban J connectivity index is 1.60. The van der Waals surface area contributed by atoms with E-state index in [4.69, 9.17) is 9.47 Å². The molecule has 1 aromatic rings. The summed E-state index contributed by atoms with van der Waals surface area (Å²) in [5.74, 6) is -0.266. The Labute approximate surface area is 135 Å². The van der Waals surface area contributed by atoms with Gasteiger partial charge in [0.25, 0.3) is 6.43 Å². The van der Waals surface area contributed by atoms with E-state index in [1.165, 1.54) is 18.7 Å². The standard InChI is InChI=1S/C16H23F2N3O2/c1-2-22-11-16-6-3-9-21(16)12(4-7-16)10-23-13-5-8-19-15(20-13)14(17)18/h5,8,12,14H,2-4,6-7,9-11H2,1H3. The molecule has 2 atom stereocenters. The third kappa shape index (κ3) is 3.45. The first-order valence-electron chi connectivity index (χ1n) is 8.23. The molecule has 0 amide bonds. The van der Waals surface area contributed by atoms with Gasteiger partial charge in [-0.1, -0.05) is 0 Å². The van der Waals surface area contributed by atoms with Crippen molar-refractivity contribution in [3.8, 4) is 5.88 Å². The molecule has 2 aliphatic rings. The molecule has 1 aromatic heterocycles. The average Bonchev–Trinajstić information content (AvgIpc) is 3.10. The molecule has 0 bridgehead atoms. The number of halogens is 2. The number of hydrogen-bond acceptors (Lipinski definition) is 5. The van der Waals surface area contributed by atoms with E-state index >= 15 is 0 Å². The van der Waals surface area contributed by atoms with Gasteiger partial charge in [-0.05, 0) is 39.2 Å². The highest BCUT2D eigenvalue weighted by atomic mass is 19.3. The third-order valence-corrected chi connectivity index (χ3v) is 4.88. The van der Waals surface area contributed by atoms with Crippen molar-refractivity contribution in [1.82, 2.24) is 14.9 Å². The van der Waals surface area contributed by atoms with E-state index < -0.39 is 12.2 Å². The quantitative estimate of drug-likeness (QED) is 0.771. The second-order valence-corrected chi connectivity index (χ2v) is 6.22. The summed E-state index contributed by atoms with van der Waals surface area (Å²) in [5.41, 5.74) is 0.143. The van der Waals surface area contributed by atoms with Crippen LogP contribution in [-0.4, -0.2) is 52.8 Å². The second kappa shape index (κ2) is 7.05. The van der Waals surface area contributed by atoms with Gasteiger partial charge in [-0.3, -0.25) is 4.90 Å². The maximum atomic E-state index is 12.6. The lowest BCUT2D eigenvalue weighted by Crippen LogP contribution is -2.47. The summed E-state index contributed by atoms with van der Waals surface area (Å²) >= 11 is 0. The molecule has 5 nitrogen and oxygen atoms in total. The zero-order chi connectivity index (χ0) is 16.3. The van der Waals surface area contributed by atoms with Crippen LogP contribution >= 0.6 is 0 Å². The Morgan fingerprint density at radius 3 is 3.09 bits per heavy atom. The number of nitrogens with zero attached hydrogens (tertiary/aromatic N) is 3. The molecule has 0 N–H and O–H groups in total. The fourth-order valence-electron chi connectivity index (χ4n) is 3.80. The summed E-state index contributed by atoms with van der Waals surface area (Å²) in [5, 5.41) is 0. The van der Waals surface area contributed by atoms with Crippen LogP contribution in [0, 0.1) is 0 Å². The zero-order valence-electron chi connectivity index (χ0n) is 13.4. The molecule has 0 aromatic carbocycles. The topological polar surface area (TPSA) is 47.5 Å². The highest BCUT2D eigenvalue weighted by Crippen LogP contribution is 2.42. The van der Waals surface area contributed by atoms with E-state index in [9.17, 15) is 8.78 Å². The van der Waals surface area contributed by atoms with Crippen LogP contribution in [0.15, 0.2) is 12.3 Å². The van der Waals surface area contributed by atoms with Crippen molar-refractivity contribution >= 4 is 0 Å². The Kier molecular flexibility index (Phi) is 5.06. The molecule has 23 heavy (non-hydrogen) atoms. The molecule has 3 rings (SSSR count). The molecular formula is C16H23F2N3O2. The molecule has 2 saturated heterocycles. The van der Waals surface area contributed by atoms with E-state index in [2.05, 4.69) is 14.9 Å². The molecule has 128 valence electrons. The second-order valence-electron chi connectivity index (χ2n) is 6.22. The van der Waals surface area contributed by atoms with E-state index in [0.29, 0.717) is 12.6 Å². The fourth-order valence-corrected chi connectivity index (χ4v) is 3.80. The number of fused-ring (bicyclic) bond motifs is 1. The van der Waals surface area contributed by atoms with E-state index in [1.807, 2.05) is 6.92 Å². The third-order valence-electron chi connectivity index (χ3n) is 4.88. The van der Waals surface area contributed by atoms with Crippen molar-refractivity contribution in [3.63, 3.8) is 0 Å². The summed E-state index contributed by atoms with van der Waals surface area (Å²) < 4.78 is 36.6. The molecule has 3 heterocycles. The average molecular weight is 327 g/mol. The van der Waals surface area contributed by atoms with Crippen LogP contribution in [0.1, 0.15) is 44.9 Å². The molecular weight excluding hydrogens is 304 g/mol. The normalized spacial score (nSPS) is 27.6.